The van der Waals surface area contributed by atoms with Crippen molar-refractivity contribution in [1.29, 1.82) is 0 Å². The monoisotopic (exact) mass is 476 g/mol. The Labute approximate surface area is 207 Å². The lowest BCUT2D eigenvalue weighted by atomic mass is 9.99. The van der Waals surface area contributed by atoms with Crippen molar-refractivity contribution >= 4 is 11.8 Å². The van der Waals surface area contributed by atoms with Gasteiger partial charge in [-0.25, -0.2) is 9.78 Å². The first-order chi connectivity index (χ1) is 17.6. The van der Waals surface area contributed by atoms with Crippen molar-refractivity contribution in [3.8, 4) is 17.2 Å². The number of aromatic amines is 1. The maximum Gasteiger partial charge on any atom is 0.321 e. The average molecular weight is 477 g/mol. The molecule has 2 aromatic heterocycles. The number of nitrogens with one attached hydrogen (secondary N) is 3. The molecule has 0 saturated heterocycles. The minimum atomic E-state index is -0.427. The number of H-pyrrole nitrogens is 1. The van der Waals surface area contributed by atoms with Gasteiger partial charge in [-0.15, -0.1) is 0 Å². The number of hydrogen-bond donors (Lipinski definition) is 3. The van der Waals surface area contributed by atoms with Gasteiger partial charge in [0.2, 0.25) is 5.95 Å². The zero-order valence-electron chi connectivity index (χ0n) is 19.6. The van der Waals surface area contributed by atoms with Crippen LogP contribution in [0.2, 0.25) is 0 Å². The molecule has 0 unspecified atom stereocenters. The molecule has 0 aliphatic carbocycles. The van der Waals surface area contributed by atoms with Crippen LogP contribution < -0.4 is 16.2 Å². The summed E-state index contributed by atoms with van der Waals surface area (Å²) in [5.74, 6) is 0.570. The third-order valence-electron chi connectivity index (χ3n) is 5.62. The predicted octanol–water partition coefficient (Wildman–Crippen LogP) is 4.84. The SMILES string of the molecule is Cc1cc(=O)[nH]c(-n2nc(-c3ccccc3)cc2NC(=O)NC(c2ccccc2)c2ccccc2)n1. The van der Waals surface area contributed by atoms with Gasteiger partial charge in [0, 0.05) is 23.4 Å². The van der Waals surface area contributed by atoms with Crippen molar-refractivity contribution in [2.75, 3.05) is 5.32 Å². The lowest BCUT2D eigenvalue weighted by Gasteiger charge is -2.20. The van der Waals surface area contributed by atoms with E-state index in [2.05, 4.69) is 25.7 Å². The second kappa shape index (κ2) is 10.1. The number of carbonyl (C=O) groups is 1. The molecular formula is C28H24N6O2. The van der Waals surface area contributed by atoms with Crippen LogP contribution in [-0.2, 0) is 0 Å². The number of rotatable bonds is 6. The highest BCUT2D eigenvalue weighted by molar-refractivity contribution is 5.90. The Balaban J connectivity index is 1.50. The fraction of sp³-hybridized carbons (Fsp3) is 0.0714. The standard InChI is InChI=1S/C28H24N6O2/c1-19-17-25(35)31-27(29-19)34-24(18-23(33-34)20-11-5-2-6-12-20)30-28(36)32-26(21-13-7-3-8-14-21)22-15-9-4-10-16-22/h2-18,26H,1H3,(H,29,31,35)(H2,30,32,36). The van der Waals surface area contributed by atoms with Gasteiger partial charge in [0.25, 0.3) is 5.56 Å². The van der Waals surface area contributed by atoms with E-state index in [-0.39, 0.29) is 17.5 Å². The zero-order valence-corrected chi connectivity index (χ0v) is 19.6. The first kappa shape index (κ1) is 22.8. The molecule has 0 atom stereocenters. The molecule has 0 aliphatic rings. The van der Waals surface area contributed by atoms with Crippen molar-refractivity contribution in [3.05, 3.63) is 130 Å². The number of amides is 2. The first-order valence-corrected chi connectivity index (χ1v) is 11.5. The Morgan fingerprint density at radius 3 is 2.03 bits per heavy atom. The van der Waals surface area contributed by atoms with Crippen LogP contribution in [-0.4, -0.2) is 25.8 Å². The van der Waals surface area contributed by atoms with Gasteiger partial charge in [-0.2, -0.15) is 9.78 Å². The molecule has 0 fully saturated rings. The molecule has 36 heavy (non-hydrogen) atoms. The molecular weight excluding hydrogens is 452 g/mol. The van der Waals surface area contributed by atoms with Crippen LogP contribution >= 0.6 is 0 Å². The number of hydrogen-bond acceptors (Lipinski definition) is 4. The fourth-order valence-corrected chi connectivity index (χ4v) is 3.98. The Hall–Kier alpha value is -4.98. The van der Waals surface area contributed by atoms with E-state index < -0.39 is 6.03 Å². The van der Waals surface area contributed by atoms with E-state index in [0.717, 1.165) is 16.7 Å². The van der Waals surface area contributed by atoms with Crippen LogP contribution in [0.15, 0.2) is 108 Å². The number of nitrogens with zero attached hydrogens (tertiary/aromatic N) is 3. The zero-order chi connectivity index (χ0) is 24.9. The number of benzene rings is 3. The van der Waals surface area contributed by atoms with E-state index in [4.69, 9.17) is 0 Å². The summed E-state index contributed by atoms with van der Waals surface area (Å²) >= 11 is 0. The summed E-state index contributed by atoms with van der Waals surface area (Å²) in [6, 6.07) is 31.4. The molecule has 0 bridgehead atoms. The van der Waals surface area contributed by atoms with Crippen LogP contribution in [0.4, 0.5) is 10.6 Å². The lowest BCUT2D eigenvalue weighted by molar-refractivity contribution is 0.250. The highest BCUT2D eigenvalue weighted by Crippen LogP contribution is 2.25. The van der Waals surface area contributed by atoms with Crippen LogP contribution in [0.25, 0.3) is 17.2 Å². The van der Waals surface area contributed by atoms with Crippen LogP contribution in [0, 0.1) is 6.92 Å². The normalized spacial score (nSPS) is 10.8. The summed E-state index contributed by atoms with van der Waals surface area (Å²) < 4.78 is 1.43. The summed E-state index contributed by atoms with van der Waals surface area (Å²) in [5.41, 5.74) is 3.61. The highest BCUT2D eigenvalue weighted by atomic mass is 16.2. The molecule has 2 amide bonds. The summed E-state index contributed by atoms with van der Waals surface area (Å²) in [5, 5.41) is 10.6. The Morgan fingerprint density at radius 2 is 1.44 bits per heavy atom. The Kier molecular flexibility index (Phi) is 6.40. The van der Waals surface area contributed by atoms with Gasteiger partial charge in [-0.1, -0.05) is 91.0 Å². The number of urea groups is 1. The summed E-state index contributed by atoms with van der Waals surface area (Å²) in [7, 11) is 0. The topological polar surface area (TPSA) is 105 Å². The van der Waals surface area contributed by atoms with E-state index in [1.807, 2.05) is 91.0 Å². The van der Waals surface area contributed by atoms with Crippen molar-refractivity contribution in [1.82, 2.24) is 25.1 Å². The van der Waals surface area contributed by atoms with Crippen LogP contribution in [0.1, 0.15) is 22.9 Å². The van der Waals surface area contributed by atoms with Crippen LogP contribution in [0.5, 0.6) is 0 Å². The van der Waals surface area contributed by atoms with Gasteiger partial charge in [0.05, 0.1) is 11.7 Å². The van der Waals surface area contributed by atoms with E-state index >= 15 is 0 Å². The van der Waals surface area contributed by atoms with Gasteiger partial charge in [0.15, 0.2) is 0 Å². The quantitative estimate of drug-likeness (QED) is 0.326. The Morgan fingerprint density at radius 1 is 0.861 bits per heavy atom. The van der Waals surface area contributed by atoms with Gasteiger partial charge in [-0.05, 0) is 18.1 Å². The third-order valence-corrected chi connectivity index (χ3v) is 5.62. The summed E-state index contributed by atoms with van der Waals surface area (Å²) in [4.78, 5) is 32.5. The molecule has 8 nitrogen and oxygen atoms in total. The molecule has 2 heterocycles. The molecule has 0 spiro atoms. The maximum atomic E-state index is 13.3. The summed E-state index contributed by atoms with van der Waals surface area (Å²) in [6.45, 7) is 1.73. The first-order valence-electron chi connectivity index (χ1n) is 11.5. The van der Waals surface area contributed by atoms with Gasteiger partial charge >= 0.3 is 6.03 Å². The lowest BCUT2D eigenvalue weighted by Crippen LogP contribution is -2.34. The number of aromatic nitrogens is 4. The van der Waals surface area contributed by atoms with Crippen LogP contribution in [0.3, 0.4) is 0 Å². The molecule has 5 aromatic rings. The molecule has 0 aliphatic heterocycles. The van der Waals surface area contributed by atoms with E-state index in [9.17, 15) is 9.59 Å². The van der Waals surface area contributed by atoms with Gasteiger partial charge in [0.1, 0.15) is 5.82 Å². The highest BCUT2D eigenvalue weighted by Gasteiger charge is 2.20. The van der Waals surface area contributed by atoms with Gasteiger partial charge < -0.3 is 5.32 Å². The molecule has 5 rings (SSSR count). The minimum absolute atomic E-state index is 0.208. The summed E-state index contributed by atoms with van der Waals surface area (Å²) in [6.07, 6.45) is 0. The molecule has 178 valence electrons. The second-order valence-electron chi connectivity index (χ2n) is 8.26. The molecule has 0 radical (unpaired) electrons. The van der Waals surface area contributed by atoms with Crippen molar-refractivity contribution in [2.24, 2.45) is 0 Å². The van der Waals surface area contributed by atoms with Gasteiger partial charge in [-0.3, -0.25) is 15.1 Å². The average Bonchev–Trinajstić information content (AvgIpc) is 3.32. The van der Waals surface area contributed by atoms with Crippen molar-refractivity contribution in [2.45, 2.75) is 13.0 Å². The third kappa shape index (κ3) is 5.07. The molecule has 3 N–H and O–H groups in total. The minimum Gasteiger partial charge on any atom is -0.327 e. The Bertz CT molecular complexity index is 1490. The second-order valence-corrected chi connectivity index (χ2v) is 8.26. The number of aryl methyl sites for hydroxylation is 1. The van der Waals surface area contributed by atoms with E-state index in [1.165, 1.54) is 10.7 Å². The molecule has 8 heteroatoms. The van der Waals surface area contributed by atoms with Crippen molar-refractivity contribution < 1.29 is 4.79 Å². The van der Waals surface area contributed by atoms with Crippen molar-refractivity contribution in [3.63, 3.8) is 0 Å². The molecule has 3 aromatic carbocycles. The fourth-order valence-electron chi connectivity index (χ4n) is 3.98. The maximum absolute atomic E-state index is 13.3. The van der Waals surface area contributed by atoms with E-state index in [1.54, 1.807) is 13.0 Å². The largest absolute Gasteiger partial charge is 0.327 e. The smallest absolute Gasteiger partial charge is 0.321 e. The molecule has 0 saturated carbocycles. The number of carbonyl (C=O) groups excluding carboxylic acids is 1. The number of anilines is 1. The van der Waals surface area contributed by atoms with E-state index in [0.29, 0.717) is 17.2 Å². The predicted molar refractivity (Wildman–Crippen MR) is 139 cm³/mol.